The van der Waals surface area contributed by atoms with Gasteiger partial charge in [-0.05, 0) is 19.1 Å². The van der Waals surface area contributed by atoms with Gasteiger partial charge in [-0.1, -0.05) is 6.07 Å². The van der Waals surface area contributed by atoms with E-state index < -0.39 is 0 Å². The second-order valence-corrected chi connectivity index (χ2v) is 4.38. The van der Waals surface area contributed by atoms with E-state index in [2.05, 4.69) is 33.7 Å². The van der Waals surface area contributed by atoms with Gasteiger partial charge in [0.15, 0.2) is 0 Å². The molecule has 0 aliphatic rings. The maximum absolute atomic E-state index is 4.28. The lowest BCUT2D eigenvalue weighted by molar-refractivity contribution is 0.564. The zero-order valence-electron chi connectivity index (χ0n) is 9.26. The van der Waals surface area contributed by atoms with Crippen LogP contribution in [0.25, 0.3) is 0 Å². The fraction of sp³-hybridized carbons (Fsp3) is 0.333. The minimum Gasteiger partial charge on any atom is -0.308 e. The van der Waals surface area contributed by atoms with Gasteiger partial charge in [0.05, 0.1) is 11.2 Å². The largest absolute Gasteiger partial charge is 0.308 e. The quantitative estimate of drug-likeness (QED) is 0.862. The molecule has 4 heteroatoms. The molecular weight excluding hydrogens is 218 g/mol. The predicted octanol–water partition coefficient (Wildman–Crippen LogP) is 2.43. The molecule has 0 spiro atoms. The van der Waals surface area contributed by atoms with Gasteiger partial charge in [0.2, 0.25) is 0 Å². The fourth-order valence-electron chi connectivity index (χ4n) is 1.50. The molecule has 3 nitrogen and oxygen atoms in total. The zero-order chi connectivity index (χ0) is 11.2. The highest BCUT2D eigenvalue weighted by molar-refractivity contribution is 7.07. The van der Waals surface area contributed by atoms with Gasteiger partial charge in [-0.25, -0.2) is 4.98 Å². The van der Waals surface area contributed by atoms with Gasteiger partial charge in [-0.2, -0.15) is 0 Å². The molecule has 2 rings (SSSR count). The van der Waals surface area contributed by atoms with Crippen LogP contribution in [-0.4, -0.2) is 16.5 Å². The number of hydrogen-bond acceptors (Lipinski definition) is 4. The van der Waals surface area contributed by atoms with E-state index in [0.717, 1.165) is 24.4 Å². The Morgan fingerprint density at radius 3 is 3.00 bits per heavy atom. The van der Waals surface area contributed by atoms with E-state index in [1.54, 1.807) is 11.3 Å². The van der Waals surface area contributed by atoms with Crippen molar-refractivity contribution < 1.29 is 0 Å². The van der Waals surface area contributed by atoms with Gasteiger partial charge in [-0.3, -0.25) is 4.98 Å². The summed E-state index contributed by atoms with van der Waals surface area (Å²) in [7, 11) is 0. The topological polar surface area (TPSA) is 37.8 Å². The minimum absolute atomic E-state index is 0.315. The predicted molar refractivity (Wildman–Crippen MR) is 66.5 cm³/mol. The molecule has 0 aliphatic heterocycles. The van der Waals surface area contributed by atoms with Gasteiger partial charge in [0.25, 0.3) is 0 Å². The Kier molecular flexibility index (Phi) is 4.02. The van der Waals surface area contributed by atoms with Crippen molar-refractivity contribution in [1.82, 2.24) is 15.3 Å². The normalized spacial score (nSPS) is 12.6. The molecule has 0 bridgehead atoms. The summed E-state index contributed by atoms with van der Waals surface area (Å²) in [5.74, 6) is 0. The first kappa shape index (κ1) is 11.2. The molecule has 2 aromatic heterocycles. The van der Waals surface area contributed by atoms with Crippen molar-refractivity contribution >= 4 is 11.3 Å². The van der Waals surface area contributed by atoms with Crippen molar-refractivity contribution in [1.29, 1.82) is 0 Å². The molecule has 1 atom stereocenters. The van der Waals surface area contributed by atoms with Crippen LogP contribution in [0.3, 0.4) is 0 Å². The summed E-state index contributed by atoms with van der Waals surface area (Å²) in [6.07, 6.45) is 2.79. The lowest BCUT2D eigenvalue weighted by atomic mass is 10.2. The summed E-state index contributed by atoms with van der Waals surface area (Å²) in [4.78, 5) is 8.57. The first-order chi connectivity index (χ1) is 7.86. The maximum Gasteiger partial charge on any atom is 0.0795 e. The number of hydrogen-bond donors (Lipinski definition) is 1. The molecule has 16 heavy (non-hydrogen) atoms. The van der Waals surface area contributed by atoms with Crippen molar-refractivity contribution in [3.63, 3.8) is 0 Å². The molecule has 0 amide bonds. The van der Waals surface area contributed by atoms with Crippen LogP contribution in [0.15, 0.2) is 35.3 Å². The summed E-state index contributed by atoms with van der Waals surface area (Å²) in [5, 5.41) is 5.52. The van der Waals surface area contributed by atoms with E-state index in [4.69, 9.17) is 0 Å². The van der Waals surface area contributed by atoms with Crippen LogP contribution in [0.5, 0.6) is 0 Å². The molecule has 0 saturated heterocycles. The first-order valence-electron chi connectivity index (χ1n) is 5.37. The van der Waals surface area contributed by atoms with Gasteiger partial charge in [0.1, 0.15) is 0 Å². The highest BCUT2D eigenvalue weighted by Crippen LogP contribution is 2.11. The van der Waals surface area contributed by atoms with Crippen LogP contribution in [-0.2, 0) is 6.42 Å². The van der Waals surface area contributed by atoms with Crippen LogP contribution in [0.4, 0.5) is 0 Å². The Labute approximate surface area is 99.6 Å². The van der Waals surface area contributed by atoms with E-state index in [1.807, 2.05) is 23.8 Å². The standard InChI is InChI=1S/C12H15N3S/c1-10(12-8-16-9-15-12)13-7-5-11-4-2-3-6-14-11/h2-4,6,8-10,13H,5,7H2,1H3. The number of rotatable bonds is 5. The molecule has 0 radical (unpaired) electrons. The van der Waals surface area contributed by atoms with E-state index in [-0.39, 0.29) is 0 Å². The van der Waals surface area contributed by atoms with Crippen molar-refractivity contribution in [2.45, 2.75) is 19.4 Å². The van der Waals surface area contributed by atoms with Crippen molar-refractivity contribution in [3.8, 4) is 0 Å². The number of aromatic nitrogens is 2. The van der Waals surface area contributed by atoms with Gasteiger partial charge < -0.3 is 5.32 Å². The molecule has 2 heterocycles. The summed E-state index contributed by atoms with van der Waals surface area (Å²) in [6, 6.07) is 6.32. The third-order valence-corrected chi connectivity index (χ3v) is 3.06. The number of thiazole rings is 1. The SMILES string of the molecule is CC(NCCc1ccccn1)c1cscn1. The van der Waals surface area contributed by atoms with Crippen LogP contribution >= 0.6 is 11.3 Å². The van der Waals surface area contributed by atoms with Crippen molar-refractivity contribution in [2.24, 2.45) is 0 Å². The molecular formula is C12H15N3S. The van der Waals surface area contributed by atoms with Crippen LogP contribution < -0.4 is 5.32 Å². The van der Waals surface area contributed by atoms with Gasteiger partial charge in [-0.15, -0.1) is 11.3 Å². The number of pyridine rings is 1. The Morgan fingerprint density at radius 1 is 1.38 bits per heavy atom. The molecule has 1 unspecified atom stereocenters. The summed E-state index contributed by atoms with van der Waals surface area (Å²) in [5.41, 5.74) is 4.11. The molecule has 1 N–H and O–H groups in total. The minimum atomic E-state index is 0.315. The lowest BCUT2D eigenvalue weighted by Gasteiger charge is -2.10. The highest BCUT2D eigenvalue weighted by Gasteiger charge is 2.05. The summed E-state index contributed by atoms with van der Waals surface area (Å²) >= 11 is 1.63. The average molecular weight is 233 g/mol. The molecule has 0 saturated carbocycles. The van der Waals surface area contributed by atoms with E-state index in [9.17, 15) is 0 Å². The Balaban J connectivity index is 1.76. The smallest absolute Gasteiger partial charge is 0.0795 e. The van der Waals surface area contributed by atoms with E-state index >= 15 is 0 Å². The van der Waals surface area contributed by atoms with Crippen LogP contribution in [0, 0.1) is 0 Å². The molecule has 0 aromatic carbocycles. The molecule has 0 aliphatic carbocycles. The molecule has 0 fully saturated rings. The Bertz CT molecular complexity index is 399. The van der Waals surface area contributed by atoms with Gasteiger partial charge >= 0.3 is 0 Å². The lowest BCUT2D eigenvalue weighted by Crippen LogP contribution is -2.21. The average Bonchev–Trinajstić information content (AvgIpc) is 2.84. The number of nitrogens with one attached hydrogen (secondary N) is 1. The van der Waals surface area contributed by atoms with Crippen LogP contribution in [0.2, 0.25) is 0 Å². The van der Waals surface area contributed by atoms with E-state index in [1.165, 1.54) is 0 Å². The second-order valence-electron chi connectivity index (χ2n) is 3.66. The zero-order valence-corrected chi connectivity index (χ0v) is 10.1. The third-order valence-electron chi connectivity index (χ3n) is 2.45. The monoisotopic (exact) mass is 233 g/mol. The number of nitrogens with zero attached hydrogens (tertiary/aromatic N) is 2. The van der Waals surface area contributed by atoms with Crippen molar-refractivity contribution in [2.75, 3.05) is 6.54 Å². The second kappa shape index (κ2) is 5.72. The Morgan fingerprint density at radius 2 is 2.31 bits per heavy atom. The van der Waals surface area contributed by atoms with Crippen molar-refractivity contribution in [3.05, 3.63) is 46.7 Å². The highest BCUT2D eigenvalue weighted by atomic mass is 32.1. The maximum atomic E-state index is 4.28. The fourth-order valence-corrected chi connectivity index (χ4v) is 2.15. The van der Waals surface area contributed by atoms with Gasteiger partial charge in [0, 0.05) is 36.3 Å². The third kappa shape index (κ3) is 3.12. The van der Waals surface area contributed by atoms with Crippen LogP contribution in [0.1, 0.15) is 24.4 Å². The Hall–Kier alpha value is -1.26. The summed E-state index contributed by atoms with van der Waals surface area (Å²) < 4.78 is 0. The molecule has 84 valence electrons. The molecule has 2 aromatic rings. The van der Waals surface area contributed by atoms with E-state index in [0.29, 0.717) is 6.04 Å². The first-order valence-corrected chi connectivity index (χ1v) is 6.32. The summed E-state index contributed by atoms with van der Waals surface area (Å²) in [6.45, 7) is 3.06.